The third-order valence-corrected chi connectivity index (χ3v) is 5.24. The van der Waals surface area contributed by atoms with E-state index in [-0.39, 0.29) is 49.7 Å². The van der Waals surface area contributed by atoms with Gasteiger partial charge >= 0.3 is 6.18 Å². The molecule has 0 radical (unpaired) electrons. The molecule has 1 N–H and O–H groups in total. The van der Waals surface area contributed by atoms with E-state index >= 15 is 0 Å². The van der Waals surface area contributed by atoms with Crippen LogP contribution in [0.15, 0.2) is 48.7 Å². The van der Waals surface area contributed by atoms with Crippen LogP contribution in [0, 0.1) is 5.92 Å². The largest absolute Gasteiger partial charge is 0.419 e. The highest BCUT2D eigenvalue weighted by atomic mass is 19.4. The standard InChI is InChI=1S/C22H25F3N4O2/c1-15(2)18(27-20(30)16-7-4-3-5-8-16)21(31)29-13-11-28(12-14-29)19-17(22(23,24)25)9-6-10-26-19/h3-10,15,18H,11-14H2,1-2H3,(H,27,30). The smallest absolute Gasteiger partial charge is 0.353 e. The van der Waals surface area contributed by atoms with E-state index in [4.69, 9.17) is 0 Å². The Hall–Kier alpha value is -3.10. The monoisotopic (exact) mass is 434 g/mol. The molecule has 0 bridgehead atoms. The number of amides is 2. The van der Waals surface area contributed by atoms with Gasteiger partial charge in [0, 0.05) is 37.9 Å². The second kappa shape index (κ2) is 9.36. The molecule has 2 amide bonds. The summed E-state index contributed by atoms with van der Waals surface area (Å²) in [7, 11) is 0. The molecule has 1 saturated heterocycles. The fourth-order valence-electron chi connectivity index (χ4n) is 3.53. The molecule has 1 aromatic carbocycles. The zero-order valence-corrected chi connectivity index (χ0v) is 17.4. The highest BCUT2D eigenvalue weighted by molar-refractivity contribution is 5.97. The number of alkyl halides is 3. The number of benzene rings is 1. The molecule has 3 rings (SSSR count). The molecule has 6 nitrogen and oxygen atoms in total. The first-order valence-electron chi connectivity index (χ1n) is 10.1. The van der Waals surface area contributed by atoms with Gasteiger partial charge in [0.2, 0.25) is 5.91 Å². The van der Waals surface area contributed by atoms with Gasteiger partial charge in [0.25, 0.3) is 5.91 Å². The molecule has 166 valence electrons. The SMILES string of the molecule is CC(C)C(NC(=O)c1ccccc1)C(=O)N1CCN(c2ncccc2C(F)(F)F)CC1. The van der Waals surface area contributed by atoms with Gasteiger partial charge in [-0.2, -0.15) is 13.2 Å². The minimum Gasteiger partial charge on any atom is -0.353 e. The first-order chi connectivity index (χ1) is 14.7. The molecule has 1 aliphatic rings. The fourth-order valence-corrected chi connectivity index (χ4v) is 3.53. The van der Waals surface area contributed by atoms with Crippen LogP contribution in [-0.2, 0) is 11.0 Å². The van der Waals surface area contributed by atoms with Gasteiger partial charge in [0.1, 0.15) is 11.9 Å². The average Bonchev–Trinajstić information content (AvgIpc) is 2.77. The molecular weight excluding hydrogens is 409 g/mol. The van der Waals surface area contributed by atoms with Crippen molar-refractivity contribution in [2.75, 3.05) is 31.1 Å². The van der Waals surface area contributed by atoms with E-state index in [1.54, 1.807) is 40.1 Å². The second-order valence-electron chi connectivity index (χ2n) is 7.75. The van der Waals surface area contributed by atoms with Crippen LogP contribution >= 0.6 is 0 Å². The number of nitrogens with one attached hydrogen (secondary N) is 1. The number of nitrogens with zero attached hydrogens (tertiary/aromatic N) is 3. The molecule has 1 fully saturated rings. The molecular formula is C22H25F3N4O2. The van der Waals surface area contributed by atoms with Crippen molar-refractivity contribution in [2.45, 2.75) is 26.1 Å². The molecule has 2 aromatic rings. The van der Waals surface area contributed by atoms with Crippen molar-refractivity contribution < 1.29 is 22.8 Å². The number of rotatable bonds is 5. The lowest BCUT2D eigenvalue weighted by molar-refractivity contribution is -0.138. The van der Waals surface area contributed by atoms with Crippen LogP contribution in [0.4, 0.5) is 19.0 Å². The van der Waals surface area contributed by atoms with E-state index in [9.17, 15) is 22.8 Å². The van der Waals surface area contributed by atoms with Gasteiger partial charge in [0.05, 0.1) is 5.56 Å². The van der Waals surface area contributed by atoms with Gasteiger partial charge < -0.3 is 15.1 Å². The highest BCUT2D eigenvalue weighted by Crippen LogP contribution is 2.35. The molecule has 2 heterocycles. The summed E-state index contributed by atoms with van der Waals surface area (Å²) in [5.74, 6) is -0.851. The summed E-state index contributed by atoms with van der Waals surface area (Å²) in [6, 6.07) is 10.2. The third kappa shape index (κ3) is 5.34. The Morgan fingerprint density at radius 1 is 1.00 bits per heavy atom. The van der Waals surface area contributed by atoms with Crippen LogP contribution in [0.1, 0.15) is 29.8 Å². The lowest BCUT2D eigenvalue weighted by Gasteiger charge is -2.38. The number of carbonyl (C=O) groups is 2. The minimum atomic E-state index is -4.50. The van der Waals surface area contributed by atoms with Crippen LogP contribution in [0.3, 0.4) is 0 Å². The Kier molecular flexibility index (Phi) is 6.82. The zero-order valence-electron chi connectivity index (χ0n) is 17.4. The second-order valence-corrected chi connectivity index (χ2v) is 7.75. The van der Waals surface area contributed by atoms with Crippen molar-refractivity contribution in [1.29, 1.82) is 0 Å². The number of halogens is 3. The first-order valence-corrected chi connectivity index (χ1v) is 10.1. The summed E-state index contributed by atoms with van der Waals surface area (Å²) < 4.78 is 39.9. The Labute approximate surface area is 179 Å². The minimum absolute atomic E-state index is 0.125. The number of pyridine rings is 1. The molecule has 0 spiro atoms. The summed E-state index contributed by atoms with van der Waals surface area (Å²) in [6.07, 6.45) is -3.17. The van der Waals surface area contributed by atoms with E-state index in [0.29, 0.717) is 5.56 Å². The number of hydrogen-bond donors (Lipinski definition) is 1. The summed E-state index contributed by atoms with van der Waals surface area (Å²) in [6.45, 7) is 4.63. The summed E-state index contributed by atoms with van der Waals surface area (Å²) in [4.78, 5) is 32.6. The van der Waals surface area contributed by atoms with Crippen LogP contribution < -0.4 is 10.2 Å². The maximum absolute atomic E-state index is 13.3. The molecule has 31 heavy (non-hydrogen) atoms. The Bertz CT molecular complexity index is 910. The average molecular weight is 434 g/mol. The Morgan fingerprint density at radius 3 is 2.23 bits per heavy atom. The van der Waals surface area contributed by atoms with Crippen molar-refractivity contribution in [3.8, 4) is 0 Å². The molecule has 0 aliphatic carbocycles. The van der Waals surface area contributed by atoms with E-state index in [0.717, 1.165) is 6.07 Å². The van der Waals surface area contributed by atoms with E-state index < -0.39 is 17.8 Å². The van der Waals surface area contributed by atoms with E-state index in [1.165, 1.54) is 12.3 Å². The quantitative estimate of drug-likeness (QED) is 0.785. The molecule has 1 aliphatic heterocycles. The predicted molar refractivity (Wildman–Crippen MR) is 111 cm³/mol. The first kappa shape index (κ1) is 22.6. The number of anilines is 1. The van der Waals surface area contributed by atoms with Gasteiger partial charge in [0.15, 0.2) is 0 Å². The Balaban J connectivity index is 1.67. The Morgan fingerprint density at radius 2 is 1.65 bits per heavy atom. The van der Waals surface area contributed by atoms with Gasteiger partial charge in [-0.15, -0.1) is 0 Å². The van der Waals surface area contributed by atoms with Crippen LogP contribution in [-0.4, -0.2) is 53.9 Å². The summed E-state index contributed by atoms with van der Waals surface area (Å²) in [5, 5.41) is 2.80. The molecule has 9 heteroatoms. The third-order valence-electron chi connectivity index (χ3n) is 5.24. The van der Waals surface area contributed by atoms with Crippen molar-refractivity contribution in [3.05, 3.63) is 59.8 Å². The van der Waals surface area contributed by atoms with E-state index in [2.05, 4.69) is 10.3 Å². The van der Waals surface area contributed by atoms with Crippen molar-refractivity contribution >= 4 is 17.6 Å². The maximum Gasteiger partial charge on any atom is 0.419 e. The van der Waals surface area contributed by atoms with Gasteiger partial charge in [-0.1, -0.05) is 32.0 Å². The number of aromatic nitrogens is 1. The van der Waals surface area contributed by atoms with Crippen LogP contribution in [0.25, 0.3) is 0 Å². The van der Waals surface area contributed by atoms with Gasteiger partial charge in [-0.3, -0.25) is 9.59 Å². The predicted octanol–water partition coefficient (Wildman–Crippen LogP) is 3.20. The van der Waals surface area contributed by atoms with Gasteiger partial charge in [-0.05, 0) is 30.2 Å². The number of hydrogen-bond acceptors (Lipinski definition) is 4. The topological polar surface area (TPSA) is 65.5 Å². The lowest BCUT2D eigenvalue weighted by atomic mass is 10.0. The maximum atomic E-state index is 13.3. The summed E-state index contributed by atoms with van der Waals surface area (Å²) >= 11 is 0. The van der Waals surface area contributed by atoms with E-state index in [1.807, 2.05) is 13.8 Å². The van der Waals surface area contributed by atoms with Crippen molar-refractivity contribution in [3.63, 3.8) is 0 Å². The number of piperazine rings is 1. The van der Waals surface area contributed by atoms with Crippen LogP contribution in [0.5, 0.6) is 0 Å². The normalized spacial score (nSPS) is 15.7. The number of carbonyl (C=O) groups excluding carboxylic acids is 2. The van der Waals surface area contributed by atoms with Crippen LogP contribution in [0.2, 0.25) is 0 Å². The molecule has 1 atom stereocenters. The molecule has 0 saturated carbocycles. The summed E-state index contributed by atoms with van der Waals surface area (Å²) in [5.41, 5.74) is -0.328. The fraction of sp³-hybridized carbons (Fsp3) is 0.409. The zero-order chi connectivity index (χ0) is 22.6. The van der Waals surface area contributed by atoms with Crippen molar-refractivity contribution in [1.82, 2.24) is 15.2 Å². The van der Waals surface area contributed by atoms with Gasteiger partial charge in [-0.25, -0.2) is 4.98 Å². The lowest BCUT2D eigenvalue weighted by Crippen LogP contribution is -2.56. The highest BCUT2D eigenvalue weighted by Gasteiger charge is 2.37. The molecule has 1 aromatic heterocycles. The molecule has 1 unspecified atom stereocenters. The van der Waals surface area contributed by atoms with Crippen molar-refractivity contribution in [2.24, 2.45) is 5.92 Å².